The average Bonchev–Trinajstić information content (AvgIpc) is 3.61. The molecule has 2 N–H and O–H groups in total. The van der Waals surface area contributed by atoms with E-state index in [2.05, 4.69) is 15.2 Å². The number of fused-ring (bicyclic) bond motifs is 1. The fourth-order valence-corrected chi connectivity index (χ4v) is 4.95. The molecule has 7 nitrogen and oxygen atoms in total. The Labute approximate surface area is 196 Å². The van der Waals surface area contributed by atoms with E-state index in [9.17, 15) is 9.59 Å². The normalized spacial score (nSPS) is 15.6. The molecular weight excluding hydrogens is 436 g/mol. The van der Waals surface area contributed by atoms with Crippen LogP contribution in [0.25, 0.3) is 10.9 Å². The molecule has 0 unspecified atom stereocenters. The van der Waals surface area contributed by atoms with Crippen molar-refractivity contribution in [1.29, 1.82) is 0 Å². The van der Waals surface area contributed by atoms with Gasteiger partial charge in [0.05, 0.1) is 17.7 Å². The molecule has 0 spiro atoms. The average molecular weight is 463 g/mol. The summed E-state index contributed by atoms with van der Waals surface area (Å²) in [4.78, 5) is 34.4. The molecule has 33 heavy (non-hydrogen) atoms. The number of carbonyl (C=O) groups excluding carboxylic acids is 2. The molecule has 1 fully saturated rings. The van der Waals surface area contributed by atoms with Gasteiger partial charge in [-0.1, -0.05) is 24.3 Å². The number of H-pyrrole nitrogens is 1. The first kappa shape index (κ1) is 21.5. The number of para-hydroxylation sites is 1. The quantitative estimate of drug-likeness (QED) is 0.440. The number of aromatic amines is 1. The molecule has 170 valence electrons. The summed E-state index contributed by atoms with van der Waals surface area (Å²) in [6.45, 7) is 3.52. The number of furan rings is 1. The lowest BCUT2D eigenvalue weighted by molar-refractivity contribution is -0.135. The Morgan fingerprint density at radius 2 is 1.91 bits per heavy atom. The van der Waals surface area contributed by atoms with Crippen LogP contribution in [0.2, 0.25) is 0 Å². The Kier molecular flexibility index (Phi) is 6.28. The monoisotopic (exact) mass is 462 g/mol. The van der Waals surface area contributed by atoms with Gasteiger partial charge in [-0.15, -0.1) is 11.3 Å². The Balaban J connectivity index is 1.30. The van der Waals surface area contributed by atoms with E-state index in [1.54, 1.807) is 12.3 Å². The van der Waals surface area contributed by atoms with E-state index in [-0.39, 0.29) is 11.8 Å². The van der Waals surface area contributed by atoms with E-state index in [0.717, 1.165) is 41.9 Å². The van der Waals surface area contributed by atoms with Gasteiger partial charge < -0.3 is 19.6 Å². The summed E-state index contributed by atoms with van der Waals surface area (Å²) >= 11 is 1.37. The van der Waals surface area contributed by atoms with E-state index >= 15 is 0 Å². The Bertz CT molecular complexity index is 1210. The molecule has 4 aromatic rings. The number of aromatic nitrogens is 1. The van der Waals surface area contributed by atoms with Gasteiger partial charge in [0.2, 0.25) is 5.91 Å². The maximum Gasteiger partial charge on any atom is 0.262 e. The predicted octanol–water partition coefficient (Wildman–Crippen LogP) is 3.51. The number of carbonyl (C=O) groups is 2. The van der Waals surface area contributed by atoms with Crippen LogP contribution in [0, 0.1) is 0 Å². The molecule has 1 aliphatic rings. The maximum absolute atomic E-state index is 13.6. The number of benzene rings is 1. The molecule has 1 atom stereocenters. The molecule has 3 aromatic heterocycles. The zero-order valence-electron chi connectivity index (χ0n) is 18.2. The molecule has 0 aliphatic carbocycles. The number of piperazine rings is 1. The van der Waals surface area contributed by atoms with Crippen molar-refractivity contribution >= 4 is 34.1 Å². The first-order chi connectivity index (χ1) is 16.2. The van der Waals surface area contributed by atoms with Gasteiger partial charge in [0.15, 0.2) is 0 Å². The summed E-state index contributed by atoms with van der Waals surface area (Å²) in [5.41, 5.74) is 2.04. The molecule has 1 aliphatic heterocycles. The lowest BCUT2D eigenvalue weighted by atomic mass is 10.0. The lowest BCUT2D eigenvalue weighted by Gasteiger charge is -2.36. The summed E-state index contributed by atoms with van der Waals surface area (Å²) in [6, 6.07) is 14.9. The third-order valence-corrected chi connectivity index (χ3v) is 6.96. The second-order valence-corrected chi connectivity index (χ2v) is 9.20. The molecule has 2 amide bonds. The molecule has 1 saturated heterocycles. The summed E-state index contributed by atoms with van der Waals surface area (Å²) in [5.74, 6) is 0.678. The highest BCUT2D eigenvalue weighted by atomic mass is 32.1. The number of rotatable bonds is 7. The van der Waals surface area contributed by atoms with Crippen LogP contribution in [0.3, 0.4) is 0 Å². The highest BCUT2D eigenvalue weighted by Crippen LogP contribution is 2.21. The van der Waals surface area contributed by atoms with Crippen molar-refractivity contribution in [2.75, 3.05) is 26.2 Å². The smallest absolute Gasteiger partial charge is 0.262 e. The van der Waals surface area contributed by atoms with Crippen molar-refractivity contribution in [3.63, 3.8) is 0 Å². The Hall–Kier alpha value is -3.36. The van der Waals surface area contributed by atoms with Gasteiger partial charge in [-0.3, -0.25) is 14.5 Å². The minimum atomic E-state index is -0.629. The Morgan fingerprint density at radius 3 is 2.67 bits per heavy atom. The van der Waals surface area contributed by atoms with Crippen LogP contribution in [0.5, 0.6) is 0 Å². The number of hydrogen-bond acceptors (Lipinski definition) is 5. The number of nitrogens with zero attached hydrogens (tertiary/aromatic N) is 2. The largest absolute Gasteiger partial charge is 0.468 e. The predicted molar refractivity (Wildman–Crippen MR) is 128 cm³/mol. The SMILES string of the molecule is O=C(N[C@H](Cc1c[nH]c2ccccc12)C(=O)N1CCN(Cc2ccco2)CC1)c1cccs1. The number of thiophene rings is 1. The van der Waals surface area contributed by atoms with Gasteiger partial charge in [-0.2, -0.15) is 0 Å². The highest BCUT2D eigenvalue weighted by molar-refractivity contribution is 7.12. The summed E-state index contributed by atoms with van der Waals surface area (Å²) < 4.78 is 5.45. The van der Waals surface area contributed by atoms with Crippen molar-refractivity contribution in [3.8, 4) is 0 Å². The molecule has 4 heterocycles. The number of amides is 2. The van der Waals surface area contributed by atoms with Crippen molar-refractivity contribution in [1.82, 2.24) is 20.1 Å². The van der Waals surface area contributed by atoms with E-state index in [1.807, 2.05) is 58.9 Å². The van der Waals surface area contributed by atoms with Crippen LogP contribution in [-0.4, -0.2) is 58.8 Å². The second kappa shape index (κ2) is 9.64. The van der Waals surface area contributed by atoms with Crippen LogP contribution in [0.1, 0.15) is 21.0 Å². The molecule has 8 heteroatoms. The van der Waals surface area contributed by atoms with Crippen LogP contribution in [0.15, 0.2) is 70.8 Å². The van der Waals surface area contributed by atoms with Gasteiger partial charge in [0, 0.05) is 49.7 Å². The van der Waals surface area contributed by atoms with E-state index < -0.39 is 6.04 Å². The molecule has 0 bridgehead atoms. The highest BCUT2D eigenvalue weighted by Gasteiger charge is 2.30. The third-order valence-electron chi connectivity index (χ3n) is 6.09. The fourth-order valence-electron chi connectivity index (χ4n) is 4.33. The minimum absolute atomic E-state index is 0.0390. The van der Waals surface area contributed by atoms with Crippen LogP contribution < -0.4 is 5.32 Å². The molecule has 1 aromatic carbocycles. The zero-order chi connectivity index (χ0) is 22.6. The maximum atomic E-state index is 13.6. The molecule has 0 radical (unpaired) electrons. The van der Waals surface area contributed by atoms with Gasteiger partial charge in [-0.25, -0.2) is 0 Å². The minimum Gasteiger partial charge on any atom is -0.468 e. The molecule has 5 rings (SSSR count). The first-order valence-electron chi connectivity index (χ1n) is 11.1. The van der Waals surface area contributed by atoms with E-state index in [1.165, 1.54) is 11.3 Å². The van der Waals surface area contributed by atoms with Crippen molar-refractivity contribution < 1.29 is 14.0 Å². The van der Waals surface area contributed by atoms with E-state index in [0.29, 0.717) is 24.4 Å². The first-order valence-corrected chi connectivity index (χ1v) is 12.0. The Morgan fingerprint density at radius 1 is 1.06 bits per heavy atom. The van der Waals surface area contributed by atoms with Gasteiger partial charge >= 0.3 is 0 Å². The number of hydrogen-bond donors (Lipinski definition) is 2. The van der Waals surface area contributed by atoms with Crippen molar-refractivity contribution in [2.24, 2.45) is 0 Å². The van der Waals surface area contributed by atoms with Gasteiger partial charge in [0.25, 0.3) is 5.91 Å². The topological polar surface area (TPSA) is 81.6 Å². The van der Waals surface area contributed by atoms with Crippen molar-refractivity contribution in [2.45, 2.75) is 19.0 Å². The van der Waals surface area contributed by atoms with Crippen LogP contribution in [-0.2, 0) is 17.8 Å². The van der Waals surface area contributed by atoms with Crippen LogP contribution in [0.4, 0.5) is 0 Å². The van der Waals surface area contributed by atoms with Crippen LogP contribution >= 0.6 is 11.3 Å². The standard InChI is InChI=1S/C25H26N4O3S/c30-24(23-8-4-14-33-23)27-22(15-18-16-26-21-7-2-1-6-20(18)21)25(31)29-11-9-28(10-12-29)17-19-5-3-13-32-19/h1-8,13-14,16,22,26H,9-12,15,17H2,(H,27,30)/t22-/m1/s1. The van der Waals surface area contributed by atoms with E-state index in [4.69, 9.17) is 4.42 Å². The van der Waals surface area contributed by atoms with Gasteiger partial charge in [0.1, 0.15) is 11.8 Å². The molecular formula is C25H26N4O3S. The van der Waals surface area contributed by atoms with Gasteiger partial charge in [-0.05, 0) is 35.2 Å². The summed E-state index contributed by atoms with van der Waals surface area (Å²) in [5, 5.41) is 5.94. The second-order valence-electron chi connectivity index (χ2n) is 8.25. The summed E-state index contributed by atoms with van der Waals surface area (Å²) in [7, 11) is 0. The lowest BCUT2D eigenvalue weighted by Crippen LogP contribution is -2.55. The number of nitrogens with one attached hydrogen (secondary N) is 2. The fraction of sp³-hybridized carbons (Fsp3) is 0.280. The third kappa shape index (κ3) is 4.86. The zero-order valence-corrected chi connectivity index (χ0v) is 19.0. The van der Waals surface area contributed by atoms with Crippen molar-refractivity contribution in [3.05, 3.63) is 82.6 Å². The summed E-state index contributed by atoms with van der Waals surface area (Å²) in [6.07, 6.45) is 4.05. The molecule has 0 saturated carbocycles.